The number of carbonyl (C=O) groups excluding carboxylic acids is 2. The van der Waals surface area contributed by atoms with Gasteiger partial charge < -0.3 is 24.2 Å². The fourth-order valence-corrected chi connectivity index (χ4v) is 4.56. The van der Waals surface area contributed by atoms with Gasteiger partial charge in [0.15, 0.2) is 17.3 Å². The quantitative estimate of drug-likeness (QED) is 0.502. The SMILES string of the molecule is COc1cc([C@@H]2C(C(=O)c3cccs3)=C(O)C(=O)N2Cc2ccncc2)cc(OC)c1OC. The number of ketones is 1. The Labute approximate surface area is 194 Å². The van der Waals surface area contributed by atoms with E-state index in [1.54, 1.807) is 54.2 Å². The number of aliphatic hydroxyl groups is 1. The van der Waals surface area contributed by atoms with Crippen LogP contribution in [-0.4, -0.2) is 48.0 Å². The highest BCUT2D eigenvalue weighted by atomic mass is 32.1. The standard InChI is InChI=1S/C24H22N2O6S/c1-30-16-11-15(12-17(31-2)23(16)32-3)20-19(21(27)18-5-4-10-33-18)22(28)24(29)26(20)13-14-6-8-25-9-7-14/h4-12,20,28H,13H2,1-3H3/t20-/m1/s1. The number of thiophene rings is 1. The van der Waals surface area contributed by atoms with Gasteiger partial charge in [-0.25, -0.2) is 0 Å². The lowest BCUT2D eigenvalue weighted by Gasteiger charge is -2.28. The Kier molecular flexibility index (Phi) is 6.32. The predicted molar refractivity (Wildman–Crippen MR) is 122 cm³/mol. The average Bonchev–Trinajstić information content (AvgIpc) is 3.47. The Balaban J connectivity index is 1.88. The molecule has 9 heteroatoms. The summed E-state index contributed by atoms with van der Waals surface area (Å²) in [6.07, 6.45) is 3.24. The zero-order valence-corrected chi connectivity index (χ0v) is 19.1. The highest BCUT2D eigenvalue weighted by Gasteiger charge is 2.44. The van der Waals surface area contributed by atoms with Crippen LogP contribution in [0, 0.1) is 0 Å². The molecule has 1 aliphatic rings. The Hall–Kier alpha value is -3.85. The molecule has 0 saturated heterocycles. The van der Waals surface area contributed by atoms with Crippen molar-refractivity contribution in [3.8, 4) is 17.2 Å². The van der Waals surface area contributed by atoms with E-state index in [0.29, 0.717) is 27.7 Å². The molecular formula is C24H22N2O6S. The normalized spacial score (nSPS) is 15.7. The third-order valence-corrected chi connectivity index (χ3v) is 6.27. The molecule has 3 aromatic rings. The molecule has 1 N–H and O–H groups in total. The lowest BCUT2D eigenvalue weighted by molar-refractivity contribution is -0.130. The second kappa shape index (κ2) is 9.33. The summed E-state index contributed by atoms with van der Waals surface area (Å²) in [5, 5.41) is 12.6. The molecule has 0 bridgehead atoms. The van der Waals surface area contributed by atoms with E-state index >= 15 is 0 Å². The van der Waals surface area contributed by atoms with E-state index in [1.807, 2.05) is 0 Å². The first-order chi connectivity index (χ1) is 16.0. The molecule has 33 heavy (non-hydrogen) atoms. The third-order valence-electron chi connectivity index (χ3n) is 5.40. The lowest BCUT2D eigenvalue weighted by atomic mass is 9.94. The molecule has 0 spiro atoms. The minimum absolute atomic E-state index is 0.00535. The van der Waals surface area contributed by atoms with Crippen molar-refractivity contribution >= 4 is 23.0 Å². The largest absolute Gasteiger partial charge is 0.503 e. The Morgan fingerprint density at radius 3 is 2.30 bits per heavy atom. The van der Waals surface area contributed by atoms with Crippen LogP contribution in [0.25, 0.3) is 0 Å². The molecule has 4 rings (SSSR count). The maximum absolute atomic E-state index is 13.4. The van der Waals surface area contributed by atoms with Gasteiger partial charge in [0.2, 0.25) is 11.5 Å². The number of benzene rings is 1. The van der Waals surface area contributed by atoms with Gasteiger partial charge >= 0.3 is 0 Å². The number of aromatic nitrogens is 1. The number of ether oxygens (including phenoxy) is 3. The first kappa shape index (κ1) is 22.3. The molecule has 2 aromatic heterocycles. The second-order valence-corrected chi connectivity index (χ2v) is 8.17. The van der Waals surface area contributed by atoms with Crippen LogP contribution < -0.4 is 14.2 Å². The fourth-order valence-electron chi connectivity index (χ4n) is 3.88. The molecule has 1 aliphatic heterocycles. The van der Waals surface area contributed by atoms with Crippen molar-refractivity contribution in [1.82, 2.24) is 9.88 Å². The minimum atomic E-state index is -0.867. The predicted octanol–water partition coefficient (Wildman–Crippen LogP) is 3.95. The van der Waals surface area contributed by atoms with Crippen LogP contribution in [0.2, 0.25) is 0 Å². The second-order valence-electron chi connectivity index (χ2n) is 7.22. The molecule has 3 heterocycles. The first-order valence-electron chi connectivity index (χ1n) is 10.0. The van der Waals surface area contributed by atoms with Gasteiger partial charge in [0, 0.05) is 18.9 Å². The van der Waals surface area contributed by atoms with Crippen LogP contribution in [0.15, 0.2) is 65.5 Å². The van der Waals surface area contributed by atoms with Crippen molar-refractivity contribution in [2.24, 2.45) is 0 Å². The number of Topliss-reactive ketones (excluding diaryl/α,β-unsaturated/α-hetero) is 1. The van der Waals surface area contributed by atoms with Crippen molar-refractivity contribution in [3.63, 3.8) is 0 Å². The van der Waals surface area contributed by atoms with Crippen molar-refractivity contribution < 1.29 is 28.9 Å². The third kappa shape index (κ3) is 4.03. The molecule has 0 radical (unpaired) electrons. The average molecular weight is 467 g/mol. The van der Waals surface area contributed by atoms with Gasteiger partial charge in [-0.05, 0) is 46.8 Å². The lowest BCUT2D eigenvalue weighted by Crippen LogP contribution is -2.30. The van der Waals surface area contributed by atoms with E-state index in [0.717, 1.165) is 5.56 Å². The van der Waals surface area contributed by atoms with Gasteiger partial charge in [0.1, 0.15) is 0 Å². The van der Waals surface area contributed by atoms with Crippen LogP contribution in [0.1, 0.15) is 26.8 Å². The summed E-state index contributed by atoms with van der Waals surface area (Å²) >= 11 is 1.24. The van der Waals surface area contributed by atoms with Crippen LogP contribution in [0.4, 0.5) is 0 Å². The van der Waals surface area contributed by atoms with E-state index in [1.165, 1.54) is 37.6 Å². The van der Waals surface area contributed by atoms with Gasteiger partial charge in [-0.3, -0.25) is 14.6 Å². The number of nitrogens with zero attached hydrogens (tertiary/aromatic N) is 2. The van der Waals surface area contributed by atoms with Crippen molar-refractivity contribution in [3.05, 3.63) is 81.5 Å². The van der Waals surface area contributed by atoms with Gasteiger partial charge in [-0.1, -0.05) is 6.07 Å². The molecule has 170 valence electrons. The fraction of sp³-hybridized carbons (Fsp3) is 0.208. The highest BCUT2D eigenvalue weighted by Crippen LogP contribution is 2.46. The Bertz CT molecular complexity index is 1180. The Morgan fingerprint density at radius 1 is 1.09 bits per heavy atom. The summed E-state index contributed by atoms with van der Waals surface area (Å²) in [7, 11) is 4.47. The number of rotatable bonds is 8. The van der Waals surface area contributed by atoms with E-state index in [9.17, 15) is 14.7 Å². The topological polar surface area (TPSA) is 98.2 Å². The summed E-state index contributed by atoms with van der Waals surface area (Å²) in [5.41, 5.74) is 1.34. The van der Waals surface area contributed by atoms with E-state index in [4.69, 9.17) is 14.2 Å². The van der Waals surface area contributed by atoms with Gasteiger partial charge in [-0.15, -0.1) is 11.3 Å². The zero-order valence-electron chi connectivity index (χ0n) is 18.3. The first-order valence-corrected chi connectivity index (χ1v) is 10.9. The highest BCUT2D eigenvalue weighted by molar-refractivity contribution is 7.12. The molecule has 1 aromatic carbocycles. The molecule has 0 aliphatic carbocycles. The number of aliphatic hydroxyl groups excluding tert-OH is 1. The molecule has 8 nitrogen and oxygen atoms in total. The number of amides is 1. The molecule has 1 amide bonds. The molecular weight excluding hydrogens is 444 g/mol. The van der Waals surface area contributed by atoms with Crippen LogP contribution in [-0.2, 0) is 11.3 Å². The number of pyridine rings is 1. The summed E-state index contributed by atoms with van der Waals surface area (Å²) in [4.78, 5) is 32.5. The van der Waals surface area contributed by atoms with E-state index in [-0.39, 0.29) is 12.1 Å². The van der Waals surface area contributed by atoms with Crippen LogP contribution in [0.3, 0.4) is 0 Å². The van der Waals surface area contributed by atoms with E-state index < -0.39 is 23.5 Å². The summed E-state index contributed by atoms with van der Waals surface area (Å²) in [5.74, 6) is -0.485. The van der Waals surface area contributed by atoms with Crippen molar-refractivity contribution in [1.29, 1.82) is 0 Å². The molecule has 1 atom stereocenters. The maximum Gasteiger partial charge on any atom is 0.290 e. The minimum Gasteiger partial charge on any atom is -0.503 e. The van der Waals surface area contributed by atoms with Gasteiger partial charge in [0.25, 0.3) is 5.91 Å². The van der Waals surface area contributed by atoms with Gasteiger partial charge in [-0.2, -0.15) is 0 Å². The Morgan fingerprint density at radius 2 is 1.76 bits per heavy atom. The van der Waals surface area contributed by atoms with Crippen LogP contribution >= 0.6 is 11.3 Å². The smallest absolute Gasteiger partial charge is 0.290 e. The summed E-state index contributed by atoms with van der Waals surface area (Å²) < 4.78 is 16.4. The molecule has 0 fully saturated rings. The number of hydrogen-bond acceptors (Lipinski definition) is 8. The number of methoxy groups -OCH3 is 3. The van der Waals surface area contributed by atoms with Gasteiger partial charge in [0.05, 0.1) is 37.8 Å². The maximum atomic E-state index is 13.4. The zero-order chi connectivity index (χ0) is 23.5. The summed E-state index contributed by atoms with van der Waals surface area (Å²) in [6, 6.07) is 9.45. The molecule has 0 saturated carbocycles. The van der Waals surface area contributed by atoms with E-state index in [2.05, 4.69) is 4.98 Å². The number of hydrogen-bond donors (Lipinski definition) is 1. The van der Waals surface area contributed by atoms with Crippen molar-refractivity contribution in [2.75, 3.05) is 21.3 Å². The molecule has 0 unspecified atom stereocenters. The number of carbonyl (C=O) groups is 2. The monoisotopic (exact) mass is 466 g/mol. The van der Waals surface area contributed by atoms with Crippen molar-refractivity contribution in [2.45, 2.75) is 12.6 Å². The van der Waals surface area contributed by atoms with Crippen LogP contribution in [0.5, 0.6) is 17.2 Å². The summed E-state index contributed by atoms with van der Waals surface area (Å²) in [6.45, 7) is 0.161.